The van der Waals surface area contributed by atoms with Gasteiger partial charge in [-0.15, -0.1) is 0 Å². The minimum atomic E-state index is -0.185. The van der Waals surface area contributed by atoms with Gasteiger partial charge in [-0.25, -0.2) is 10.0 Å². The van der Waals surface area contributed by atoms with Crippen LogP contribution in [0.15, 0.2) is 30.3 Å². The lowest BCUT2D eigenvalue weighted by Crippen LogP contribution is -2.55. The third kappa shape index (κ3) is 2.23. The number of hydrazine groups is 1. The van der Waals surface area contributed by atoms with Crippen molar-refractivity contribution in [2.24, 2.45) is 0 Å². The molecule has 0 amide bonds. The van der Waals surface area contributed by atoms with Crippen molar-refractivity contribution in [3.63, 3.8) is 0 Å². The summed E-state index contributed by atoms with van der Waals surface area (Å²) in [5.74, 6) is 0.269. The van der Waals surface area contributed by atoms with Crippen LogP contribution < -0.4 is 0 Å². The smallest absolute Gasteiger partial charge is 0.0634 e. The van der Waals surface area contributed by atoms with E-state index in [2.05, 4.69) is 34.3 Å². The highest BCUT2D eigenvalue weighted by Crippen LogP contribution is 2.29. The fraction of sp³-hybridized carbons (Fsp3) is 0.571. The minimum Gasteiger partial charge on any atom is -0.392 e. The first-order valence-corrected chi connectivity index (χ1v) is 6.57. The zero-order chi connectivity index (χ0) is 11.7. The summed E-state index contributed by atoms with van der Waals surface area (Å²) in [6.45, 7) is 4.35. The van der Waals surface area contributed by atoms with Gasteiger partial charge in [-0.05, 0) is 18.4 Å². The highest BCUT2D eigenvalue weighted by atomic mass is 16.3. The first-order chi connectivity index (χ1) is 8.34. The molecule has 2 heterocycles. The molecule has 0 radical (unpaired) electrons. The summed E-state index contributed by atoms with van der Waals surface area (Å²) in [5.41, 5.74) is 1.27. The molecule has 3 heteroatoms. The Kier molecular flexibility index (Phi) is 3.14. The van der Waals surface area contributed by atoms with Crippen molar-refractivity contribution in [2.45, 2.75) is 24.9 Å². The van der Waals surface area contributed by atoms with E-state index in [0.717, 1.165) is 19.5 Å². The van der Waals surface area contributed by atoms with Crippen LogP contribution in [-0.4, -0.2) is 47.4 Å². The summed E-state index contributed by atoms with van der Waals surface area (Å²) < 4.78 is 0. The number of aliphatic hydroxyl groups excluding tert-OH is 1. The molecule has 3 rings (SSSR count). The van der Waals surface area contributed by atoms with Gasteiger partial charge in [-0.2, -0.15) is 0 Å². The molecule has 2 fully saturated rings. The minimum absolute atomic E-state index is 0.185. The average Bonchev–Trinajstić information content (AvgIpc) is 2.30. The molecule has 92 valence electrons. The number of hydrogen-bond donors (Lipinski definition) is 1. The number of piperidine rings is 1. The highest BCUT2D eigenvalue weighted by molar-refractivity contribution is 5.21. The monoisotopic (exact) mass is 232 g/mol. The third-order valence-electron chi connectivity index (χ3n) is 4.02. The van der Waals surface area contributed by atoms with Crippen molar-refractivity contribution >= 4 is 0 Å². The van der Waals surface area contributed by atoms with Gasteiger partial charge in [0.25, 0.3) is 0 Å². The maximum Gasteiger partial charge on any atom is 0.0634 e. The Labute approximate surface area is 103 Å². The van der Waals surface area contributed by atoms with Crippen LogP contribution in [0, 0.1) is 0 Å². The zero-order valence-electron chi connectivity index (χ0n) is 10.1. The van der Waals surface area contributed by atoms with Gasteiger partial charge in [0.05, 0.1) is 6.10 Å². The van der Waals surface area contributed by atoms with Gasteiger partial charge in [0.2, 0.25) is 0 Å². The quantitative estimate of drug-likeness (QED) is 0.836. The van der Waals surface area contributed by atoms with Crippen molar-refractivity contribution in [2.75, 3.05) is 26.2 Å². The number of rotatable bonds is 2. The molecule has 0 spiro atoms. The normalized spacial score (nSPS) is 31.1. The molecule has 2 aliphatic rings. The van der Waals surface area contributed by atoms with Crippen LogP contribution in [0.1, 0.15) is 24.3 Å². The van der Waals surface area contributed by atoms with E-state index in [1.165, 1.54) is 25.1 Å². The second-order valence-electron chi connectivity index (χ2n) is 5.09. The largest absolute Gasteiger partial charge is 0.392 e. The Morgan fingerprint density at radius 3 is 2.41 bits per heavy atom. The molecule has 0 aliphatic carbocycles. The zero-order valence-corrected chi connectivity index (χ0v) is 10.1. The van der Waals surface area contributed by atoms with Crippen LogP contribution in [-0.2, 0) is 0 Å². The average molecular weight is 232 g/mol. The van der Waals surface area contributed by atoms with E-state index in [4.69, 9.17) is 0 Å². The summed E-state index contributed by atoms with van der Waals surface area (Å²) in [4.78, 5) is 0. The maximum atomic E-state index is 10.2. The fourth-order valence-electron chi connectivity index (χ4n) is 2.79. The standard InChI is InChI=1S/C14H20N2O/c17-14-7-10-16(15-8-4-9-15)11-13(14)12-5-2-1-3-6-12/h1-3,5-6,13-14,17H,4,7-11H2. The molecule has 17 heavy (non-hydrogen) atoms. The predicted molar refractivity (Wildman–Crippen MR) is 67.6 cm³/mol. The number of benzene rings is 1. The Morgan fingerprint density at radius 2 is 1.76 bits per heavy atom. The van der Waals surface area contributed by atoms with Crippen LogP contribution in [0.3, 0.4) is 0 Å². The first-order valence-electron chi connectivity index (χ1n) is 6.57. The van der Waals surface area contributed by atoms with Crippen LogP contribution in [0.25, 0.3) is 0 Å². The van der Waals surface area contributed by atoms with Crippen LogP contribution >= 0.6 is 0 Å². The molecular weight excluding hydrogens is 212 g/mol. The summed E-state index contributed by atoms with van der Waals surface area (Å²) in [5, 5.41) is 15.0. The Bertz CT molecular complexity index is 364. The van der Waals surface area contributed by atoms with E-state index < -0.39 is 0 Å². The molecule has 0 bridgehead atoms. The maximum absolute atomic E-state index is 10.2. The van der Waals surface area contributed by atoms with Gasteiger partial charge in [0.15, 0.2) is 0 Å². The van der Waals surface area contributed by atoms with Gasteiger partial charge in [-0.3, -0.25) is 0 Å². The van der Waals surface area contributed by atoms with E-state index in [-0.39, 0.29) is 12.0 Å². The second-order valence-corrected chi connectivity index (χ2v) is 5.09. The van der Waals surface area contributed by atoms with Crippen LogP contribution in [0.5, 0.6) is 0 Å². The molecule has 2 saturated heterocycles. The first kappa shape index (κ1) is 11.2. The predicted octanol–water partition coefficient (Wildman–Crippen LogP) is 1.46. The molecule has 2 atom stereocenters. The molecule has 0 aromatic heterocycles. The SMILES string of the molecule is OC1CCN(N2CCC2)CC1c1ccccc1. The summed E-state index contributed by atoms with van der Waals surface area (Å²) >= 11 is 0. The Morgan fingerprint density at radius 1 is 1.00 bits per heavy atom. The molecule has 1 aromatic carbocycles. The van der Waals surface area contributed by atoms with E-state index >= 15 is 0 Å². The lowest BCUT2D eigenvalue weighted by Gasteiger charge is -2.46. The Hall–Kier alpha value is -0.900. The lowest BCUT2D eigenvalue weighted by atomic mass is 9.88. The molecule has 3 nitrogen and oxygen atoms in total. The van der Waals surface area contributed by atoms with Crippen molar-refractivity contribution < 1.29 is 5.11 Å². The van der Waals surface area contributed by atoms with Crippen LogP contribution in [0.4, 0.5) is 0 Å². The van der Waals surface area contributed by atoms with E-state index in [1.54, 1.807) is 0 Å². The van der Waals surface area contributed by atoms with Gasteiger partial charge in [0, 0.05) is 32.1 Å². The molecule has 1 N–H and O–H groups in total. The molecule has 0 saturated carbocycles. The van der Waals surface area contributed by atoms with Crippen molar-refractivity contribution in [3.8, 4) is 0 Å². The van der Waals surface area contributed by atoms with Gasteiger partial charge in [0.1, 0.15) is 0 Å². The number of hydrogen-bond acceptors (Lipinski definition) is 3. The molecule has 1 aromatic rings. The summed E-state index contributed by atoms with van der Waals surface area (Å²) in [6, 6.07) is 10.4. The Balaban J connectivity index is 1.73. The molecule has 2 aliphatic heterocycles. The fourth-order valence-corrected chi connectivity index (χ4v) is 2.79. The van der Waals surface area contributed by atoms with Gasteiger partial charge < -0.3 is 5.11 Å². The lowest BCUT2D eigenvalue weighted by molar-refractivity contribution is -0.107. The van der Waals surface area contributed by atoms with Crippen LogP contribution in [0.2, 0.25) is 0 Å². The van der Waals surface area contributed by atoms with Gasteiger partial charge in [-0.1, -0.05) is 30.3 Å². The van der Waals surface area contributed by atoms with E-state index in [0.29, 0.717) is 0 Å². The van der Waals surface area contributed by atoms with Crippen molar-refractivity contribution in [1.82, 2.24) is 10.0 Å². The van der Waals surface area contributed by atoms with Crippen molar-refractivity contribution in [1.29, 1.82) is 0 Å². The topological polar surface area (TPSA) is 26.7 Å². The molecule has 2 unspecified atom stereocenters. The summed E-state index contributed by atoms with van der Waals surface area (Å²) in [7, 11) is 0. The number of aliphatic hydroxyl groups is 1. The third-order valence-corrected chi connectivity index (χ3v) is 4.02. The number of nitrogens with zero attached hydrogens (tertiary/aromatic N) is 2. The second kappa shape index (κ2) is 4.77. The van der Waals surface area contributed by atoms with Gasteiger partial charge >= 0.3 is 0 Å². The van der Waals surface area contributed by atoms with E-state index in [1.807, 2.05) is 6.07 Å². The molecular formula is C14H20N2O. The van der Waals surface area contributed by atoms with Crippen molar-refractivity contribution in [3.05, 3.63) is 35.9 Å². The van der Waals surface area contributed by atoms with E-state index in [9.17, 15) is 5.11 Å². The highest BCUT2D eigenvalue weighted by Gasteiger charge is 2.33. The summed E-state index contributed by atoms with van der Waals surface area (Å²) in [6.07, 6.45) is 2.01.